The van der Waals surface area contributed by atoms with E-state index in [-0.39, 0.29) is 0 Å². The highest BCUT2D eigenvalue weighted by Gasteiger charge is 2.26. The number of hydrogen-bond donors (Lipinski definition) is 2. The molecule has 0 radical (unpaired) electrons. The van der Waals surface area contributed by atoms with Crippen LogP contribution < -0.4 is 20.3 Å². The molecule has 3 unspecified atom stereocenters. The lowest BCUT2D eigenvalue weighted by Gasteiger charge is -2.21. The van der Waals surface area contributed by atoms with Gasteiger partial charge in [0.05, 0.1) is 12.8 Å². The Bertz CT molecular complexity index is 624. The summed E-state index contributed by atoms with van der Waals surface area (Å²) in [4.78, 5) is 7.34. The second-order valence-corrected chi connectivity index (χ2v) is 8.64. The molecule has 1 saturated carbocycles. The van der Waals surface area contributed by atoms with Crippen LogP contribution >= 0.6 is 11.8 Å². The normalized spacial score (nSPS) is 25.7. The summed E-state index contributed by atoms with van der Waals surface area (Å²) in [6.07, 6.45) is 7.21. The van der Waals surface area contributed by atoms with Crippen LogP contribution in [0.3, 0.4) is 0 Å². The van der Waals surface area contributed by atoms with Crippen LogP contribution in [0.1, 0.15) is 32.6 Å². The minimum absolute atomic E-state index is 0.564. The fourth-order valence-electron chi connectivity index (χ4n) is 4.11. The van der Waals surface area contributed by atoms with Crippen molar-refractivity contribution in [1.29, 1.82) is 0 Å². The third kappa shape index (κ3) is 5.47. The first-order chi connectivity index (χ1) is 13.2. The summed E-state index contributed by atoms with van der Waals surface area (Å²) in [5.41, 5.74) is 1.20. The van der Waals surface area contributed by atoms with E-state index in [2.05, 4.69) is 40.8 Å². The lowest BCUT2D eigenvalue weighted by atomic mass is 10.1. The Morgan fingerprint density at radius 1 is 1.30 bits per heavy atom. The molecule has 3 rings (SSSR count). The number of ether oxygens (including phenoxy) is 1. The summed E-state index contributed by atoms with van der Waals surface area (Å²) in [7, 11) is 1.75. The zero-order valence-electron chi connectivity index (χ0n) is 16.9. The number of benzene rings is 1. The van der Waals surface area contributed by atoms with Crippen LogP contribution in [0.4, 0.5) is 5.69 Å². The second kappa shape index (κ2) is 10.1. The molecular formula is C21H34N4OS. The molecule has 1 aliphatic heterocycles. The van der Waals surface area contributed by atoms with Gasteiger partial charge in [0.2, 0.25) is 0 Å². The molecule has 0 amide bonds. The summed E-state index contributed by atoms with van der Waals surface area (Å²) in [6, 6.07) is 8.86. The SMILES string of the molecule is CCNC(=NCC1CCN(c2ccccc2OC)C1)NC1CCC(SC)C1. The molecule has 0 aromatic heterocycles. The minimum atomic E-state index is 0.564. The summed E-state index contributed by atoms with van der Waals surface area (Å²) >= 11 is 2.00. The van der Waals surface area contributed by atoms with Crippen molar-refractivity contribution in [1.82, 2.24) is 10.6 Å². The van der Waals surface area contributed by atoms with Crippen molar-refractivity contribution >= 4 is 23.4 Å². The minimum Gasteiger partial charge on any atom is -0.495 e. The van der Waals surface area contributed by atoms with Crippen molar-refractivity contribution in [2.24, 2.45) is 10.9 Å². The molecule has 1 aromatic rings. The van der Waals surface area contributed by atoms with Crippen LogP contribution in [0, 0.1) is 5.92 Å². The first kappa shape index (κ1) is 20.2. The van der Waals surface area contributed by atoms with Crippen molar-refractivity contribution in [3.63, 3.8) is 0 Å². The number of hydrogen-bond acceptors (Lipinski definition) is 4. The van der Waals surface area contributed by atoms with Crippen LogP contribution in [0.5, 0.6) is 5.75 Å². The van der Waals surface area contributed by atoms with Crippen LogP contribution in [-0.4, -0.2) is 56.8 Å². The monoisotopic (exact) mass is 390 g/mol. The van der Waals surface area contributed by atoms with Crippen LogP contribution in [0.2, 0.25) is 0 Å². The van der Waals surface area contributed by atoms with Gasteiger partial charge in [-0.3, -0.25) is 4.99 Å². The van der Waals surface area contributed by atoms with Gasteiger partial charge in [0.1, 0.15) is 5.75 Å². The van der Waals surface area contributed by atoms with E-state index in [9.17, 15) is 0 Å². The predicted octanol–water partition coefficient (Wildman–Crippen LogP) is 3.36. The Morgan fingerprint density at radius 2 is 2.15 bits per heavy atom. The number of nitrogens with zero attached hydrogens (tertiary/aromatic N) is 2. The summed E-state index contributed by atoms with van der Waals surface area (Å²) in [5.74, 6) is 2.54. The van der Waals surface area contributed by atoms with E-state index >= 15 is 0 Å². The highest BCUT2D eigenvalue weighted by Crippen LogP contribution is 2.32. The van der Waals surface area contributed by atoms with Crippen molar-refractivity contribution in [2.75, 3.05) is 44.4 Å². The van der Waals surface area contributed by atoms with Gasteiger partial charge in [-0.15, -0.1) is 0 Å². The van der Waals surface area contributed by atoms with E-state index in [1.165, 1.54) is 31.4 Å². The number of rotatable bonds is 7. The van der Waals surface area contributed by atoms with Crippen LogP contribution in [0.15, 0.2) is 29.3 Å². The number of thioether (sulfide) groups is 1. The molecule has 150 valence electrons. The van der Waals surface area contributed by atoms with Gasteiger partial charge in [0, 0.05) is 37.5 Å². The zero-order chi connectivity index (χ0) is 19.1. The fraction of sp³-hybridized carbons (Fsp3) is 0.667. The first-order valence-corrected chi connectivity index (χ1v) is 11.5. The molecule has 27 heavy (non-hydrogen) atoms. The maximum absolute atomic E-state index is 5.52. The molecule has 3 atom stereocenters. The van der Waals surface area contributed by atoms with Gasteiger partial charge in [-0.25, -0.2) is 0 Å². The number of guanidine groups is 1. The summed E-state index contributed by atoms with van der Waals surface area (Å²) < 4.78 is 5.52. The first-order valence-electron chi connectivity index (χ1n) is 10.2. The largest absolute Gasteiger partial charge is 0.495 e. The van der Waals surface area contributed by atoms with Gasteiger partial charge in [0.15, 0.2) is 5.96 Å². The molecule has 2 fully saturated rings. The Labute approximate surface area is 168 Å². The van der Waals surface area contributed by atoms with Crippen molar-refractivity contribution < 1.29 is 4.74 Å². The molecule has 2 N–H and O–H groups in total. The Morgan fingerprint density at radius 3 is 2.89 bits per heavy atom. The van der Waals surface area contributed by atoms with E-state index < -0.39 is 0 Å². The van der Waals surface area contributed by atoms with Crippen molar-refractivity contribution in [3.05, 3.63) is 24.3 Å². The number of nitrogens with one attached hydrogen (secondary N) is 2. The van der Waals surface area contributed by atoms with Gasteiger partial charge in [0.25, 0.3) is 0 Å². The van der Waals surface area contributed by atoms with Crippen molar-refractivity contribution in [2.45, 2.75) is 43.9 Å². The lowest BCUT2D eigenvalue weighted by Crippen LogP contribution is -2.43. The standard InChI is InChI=1S/C21H34N4OS/c1-4-22-21(24-17-9-10-18(13-17)27-3)23-14-16-11-12-25(15-16)19-7-5-6-8-20(19)26-2/h5-8,16-18H,4,9-15H2,1-3H3,(H2,22,23,24). The molecule has 0 bridgehead atoms. The molecule has 5 nitrogen and oxygen atoms in total. The highest BCUT2D eigenvalue weighted by atomic mass is 32.2. The molecule has 1 saturated heterocycles. The third-order valence-electron chi connectivity index (χ3n) is 5.62. The molecule has 1 aliphatic carbocycles. The Balaban J connectivity index is 1.54. The number of methoxy groups -OCH3 is 1. The van der Waals surface area contributed by atoms with E-state index in [1.807, 2.05) is 23.9 Å². The molecular weight excluding hydrogens is 356 g/mol. The number of anilines is 1. The Kier molecular flexibility index (Phi) is 7.56. The fourth-order valence-corrected chi connectivity index (χ4v) is 4.91. The van der Waals surface area contributed by atoms with Crippen LogP contribution in [-0.2, 0) is 0 Å². The van der Waals surface area contributed by atoms with Crippen LogP contribution in [0.25, 0.3) is 0 Å². The smallest absolute Gasteiger partial charge is 0.191 e. The van der Waals surface area contributed by atoms with E-state index in [0.717, 1.165) is 43.1 Å². The zero-order valence-corrected chi connectivity index (χ0v) is 17.7. The van der Waals surface area contributed by atoms with Crippen molar-refractivity contribution in [3.8, 4) is 5.75 Å². The summed E-state index contributed by atoms with van der Waals surface area (Å²) in [5, 5.41) is 7.88. The maximum atomic E-state index is 5.52. The van der Waals surface area contributed by atoms with E-state index in [0.29, 0.717) is 12.0 Å². The molecule has 1 aromatic carbocycles. The predicted molar refractivity (Wildman–Crippen MR) is 117 cm³/mol. The topological polar surface area (TPSA) is 48.9 Å². The lowest BCUT2D eigenvalue weighted by molar-refractivity contribution is 0.414. The van der Waals surface area contributed by atoms with Gasteiger partial charge in [-0.1, -0.05) is 12.1 Å². The molecule has 1 heterocycles. The highest BCUT2D eigenvalue weighted by molar-refractivity contribution is 7.99. The van der Waals surface area contributed by atoms with Gasteiger partial charge < -0.3 is 20.3 Å². The maximum Gasteiger partial charge on any atom is 0.191 e. The second-order valence-electron chi connectivity index (χ2n) is 7.50. The van der Waals surface area contributed by atoms with E-state index in [4.69, 9.17) is 9.73 Å². The average molecular weight is 391 g/mol. The van der Waals surface area contributed by atoms with Gasteiger partial charge in [-0.2, -0.15) is 11.8 Å². The average Bonchev–Trinajstić information content (AvgIpc) is 3.35. The molecule has 0 spiro atoms. The summed E-state index contributed by atoms with van der Waals surface area (Å²) in [6.45, 7) is 6.03. The molecule has 6 heteroatoms. The quantitative estimate of drug-likeness (QED) is 0.552. The number of aliphatic imine (C=N–C) groups is 1. The van der Waals surface area contributed by atoms with Gasteiger partial charge in [-0.05, 0) is 56.9 Å². The van der Waals surface area contributed by atoms with Gasteiger partial charge >= 0.3 is 0 Å². The van der Waals surface area contributed by atoms with E-state index in [1.54, 1.807) is 7.11 Å². The number of para-hydroxylation sites is 2. The Hall–Kier alpha value is -1.56. The molecule has 2 aliphatic rings. The third-order valence-corrected chi connectivity index (χ3v) is 6.72.